The van der Waals surface area contributed by atoms with Crippen LogP contribution in [0, 0.1) is 0 Å². The Labute approximate surface area is 244 Å². The highest BCUT2D eigenvalue weighted by Gasteiger charge is 2.34. The summed E-state index contributed by atoms with van der Waals surface area (Å²) in [5.41, 5.74) is 2.35. The smallest absolute Gasteiger partial charge is 0.330 e. The van der Waals surface area contributed by atoms with Gasteiger partial charge in [0, 0.05) is 30.2 Å². The Morgan fingerprint density at radius 3 is 2.40 bits per heavy atom. The monoisotopic (exact) mass is 604 g/mol. The molecule has 0 radical (unpaired) electrons. The number of anilines is 2. The lowest BCUT2D eigenvalue weighted by Crippen LogP contribution is -2.55. The van der Waals surface area contributed by atoms with Crippen molar-refractivity contribution in [1.29, 1.82) is 0 Å². The molecule has 0 saturated heterocycles. The van der Waals surface area contributed by atoms with E-state index in [2.05, 4.69) is 5.32 Å². The van der Waals surface area contributed by atoms with Gasteiger partial charge in [-0.3, -0.25) is 9.10 Å². The van der Waals surface area contributed by atoms with Crippen LogP contribution in [0.4, 0.5) is 16.2 Å². The number of nitrogens with one attached hydrogen (secondary N) is 2. The van der Waals surface area contributed by atoms with E-state index in [1.807, 2.05) is 48.9 Å². The zero-order chi connectivity index (χ0) is 28.9. The van der Waals surface area contributed by atoms with Gasteiger partial charge < -0.3 is 15.0 Å². The molecule has 0 spiro atoms. The number of hydrogen-bond acceptors (Lipinski definition) is 5. The molecule has 0 aliphatic carbocycles. The van der Waals surface area contributed by atoms with Gasteiger partial charge in [-0.25, -0.2) is 9.52 Å². The first-order valence-corrected chi connectivity index (χ1v) is 15.0. The summed E-state index contributed by atoms with van der Waals surface area (Å²) in [7, 11) is -4.34. The van der Waals surface area contributed by atoms with Crippen molar-refractivity contribution in [2.45, 2.75) is 32.7 Å². The minimum absolute atomic E-state index is 0.0890. The van der Waals surface area contributed by atoms with Crippen molar-refractivity contribution in [2.75, 3.05) is 28.9 Å². The molecule has 0 saturated carbocycles. The number of halogens is 2. The zero-order valence-electron chi connectivity index (χ0n) is 22.1. The SMILES string of the molecule is CCOc1ccc(N(CC)C(=O)[C@H](Cc2ccccc2)NC(=O)NS(=O)(=O)N2CCc3cc(Cl)cc(Cl)c32)cc1. The van der Waals surface area contributed by atoms with Crippen molar-refractivity contribution in [3.8, 4) is 5.75 Å². The van der Waals surface area contributed by atoms with E-state index in [4.69, 9.17) is 27.9 Å². The largest absolute Gasteiger partial charge is 0.494 e. The summed E-state index contributed by atoms with van der Waals surface area (Å²) in [6.07, 6.45) is 0.540. The van der Waals surface area contributed by atoms with Crippen molar-refractivity contribution < 1.29 is 22.7 Å². The number of nitrogens with zero attached hydrogens (tertiary/aromatic N) is 2. The molecule has 3 aromatic rings. The highest BCUT2D eigenvalue weighted by atomic mass is 35.5. The van der Waals surface area contributed by atoms with Gasteiger partial charge in [0.25, 0.3) is 0 Å². The third-order valence-electron chi connectivity index (χ3n) is 6.38. The third kappa shape index (κ3) is 6.80. The minimum atomic E-state index is -4.34. The van der Waals surface area contributed by atoms with Gasteiger partial charge in [-0.1, -0.05) is 53.5 Å². The molecular formula is C28H30Cl2N4O5S. The molecule has 0 unspecified atom stereocenters. The highest BCUT2D eigenvalue weighted by molar-refractivity contribution is 7.91. The maximum Gasteiger partial charge on any atom is 0.330 e. The predicted octanol–water partition coefficient (Wildman–Crippen LogP) is 4.96. The number of hydrogen-bond donors (Lipinski definition) is 2. The van der Waals surface area contributed by atoms with Crippen molar-refractivity contribution in [3.63, 3.8) is 0 Å². The fourth-order valence-electron chi connectivity index (χ4n) is 4.62. The summed E-state index contributed by atoms with van der Waals surface area (Å²) in [6.45, 7) is 4.63. The highest BCUT2D eigenvalue weighted by Crippen LogP contribution is 2.38. The average molecular weight is 606 g/mol. The molecule has 1 aliphatic rings. The van der Waals surface area contributed by atoms with Crippen LogP contribution in [0.15, 0.2) is 66.7 Å². The molecule has 0 fully saturated rings. The zero-order valence-corrected chi connectivity index (χ0v) is 24.4. The Bertz CT molecular complexity index is 1470. The van der Waals surface area contributed by atoms with Crippen LogP contribution in [0.2, 0.25) is 10.0 Å². The second kappa shape index (κ2) is 12.8. The molecule has 9 nitrogen and oxygen atoms in total. The second-order valence-electron chi connectivity index (χ2n) is 9.05. The maximum absolute atomic E-state index is 13.7. The van der Waals surface area contributed by atoms with Crippen molar-refractivity contribution in [3.05, 3.63) is 87.9 Å². The fraction of sp³-hybridized carbons (Fsp3) is 0.286. The van der Waals surface area contributed by atoms with Gasteiger partial charge >= 0.3 is 16.2 Å². The lowest BCUT2D eigenvalue weighted by atomic mass is 10.0. The molecular weight excluding hydrogens is 575 g/mol. The number of ether oxygens (including phenoxy) is 1. The first kappa shape index (κ1) is 29.5. The van der Waals surface area contributed by atoms with Crippen LogP contribution in [-0.4, -0.2) is 46.1 Å². The number of carbonyl (C=O) groups excluding carboxylic acids is 2. The molecule has 4 rings (SSSR count). The topological polar surface area (TPSA) is 108 Å². The maximum atomic E-state index is 13.7. The quantitative estimate of drug-likeness (QED) is 0.340. The Balaban J connectivity index is 1.55. The van der Waals surface area contributed by atoms with Crippen molar-refractivity contribution >= 4 is 56.7 Å². The lowest BCUT2D eigenvalue weighted by Gasteiger charge is -2.28. The second-order valence-corrected chi connectivity index (χ2v) is 11.5. The molecule has 3 aromatic carbocycles. The molecule has 0 bridgehead atoms. The van der Waals surface area contributed by atoms with Crippen molar-refractivity contribution in [1.82, 2.24) is 10.0 Å². The van der Waals surface area contributed by atoms with Gasteiger partial charge in [0.05, 0.1) is 17.3 Å². The van der Waals surface area contributed by atoms with Gasteiger partial charge in [0.1, 0.15) is 11.8 Å². The molecule has 12 heteroatoms. The summed E-state index contributed by atoms with van der Waals surface area (Å²) >= 11 is 12.3. The molecule has 0 aromatic heterocycles. The van der Waals surface area contributed by atoms with Gasteiger partial charge in [-0.15, -0.1) is 0 Å². The number of likely N-dealkylation sites (N-methyl/N-ethyl adjacent to an activating group) is 1. The van der Waals surface area contributed by atoms with Crippen LogP contribution in [0.1, 0.15) is 25.0 Å². The van der Waals surface area contributed by atoms with E-state index in [-0.39, 0.29) is 23.7 Å². The number of urea groups is 1. The third-order valence-corrected chi connectivity index (χ3v) is 8.28. The number of rotatable bonds is 10. The molecule has 212 valence electrons. The van der Waals surface area contributed by atoms with E-state index in [0.717, 1.165) is 9.87 Å². The van der Waals surface area contributed by atoms with Crippen LogP contribution in [-0.2, 0) is 27.8 Å². The Morgan fingerprint density at radius 1 is 1.05 bits per heavy atom. The molecule has 1 aliphatic heterocycles. The Kier molecular flexibility index (Phi) is 9.44. The molecule has 1 heterocycles. The van der Waals surface area contributed by atoms with Crippen molar-refractivity contribution in [2.24, 2.45) is 0 Å². The molecule has 3 amide bonds. The normalized spacial score (nSPS) is 13.3. The average Bonchev–Trinajstić information content (AvgIpc) is 3.35. The summed E-state index contributed by atoms with van der Waals surface area (Å²) < 4.78 is 35.0. The number of fused-ring (bicyclic) bond motifs is 1. The Morgan fingerprint density at radius 2 is 1.75 bits per heavy atom. The van der Waals surface area contributed by atoms with Crippen LogP contribution in [0.3, 0.4) is 0 Å². The first-order chi connectivity index (χ1) is 19.1. The van der Waals surface area contributed by atoms with Crippen LogP contribution in [0.25, 0.3) is 0 Å². The van der Waals surface area contributed by atoms with E-state index < -0.39 is 28.2 Å². The molecule has 2 N–H and O–H groups in total. The molecule has 1 atom stereocenters. The summed E-state index contributed by atoms with van der Waals surface area (Å²) in [4.78, 5) is 28.3. The van der Waals surface area contributed by atoms with Crippen LogP contribution >= 0.6 is 23.2 Å². The van der Waals surface area contributed by atoms with E-state index in [1.54, 1.807) is 30.3 Å². The first-order valence-electron chi connectivity index (χ1n) is 12.8. The Hall–Kier alpha value is -3.47. The number of amides is 3. The van der Waals surface area contributed by atoms with Gasteiger partial charge in [0.2, 0.25) is 5.91 Å². The van der Waals surface area contributed by atoms with Gasteiger partial charge in [-0.05, 0) is 67.8 Å². The summed E-state index contributed by atoms with van der Waals surface area (Å²) in [6, 6.07) is 17.2. The lowest BCUT2D eigenvalue weighted by molar-refractivity contribution is -0.120. The number of carbonyl (C=O) groups is 2. The van der Waals surface area contributed by atoms with E-state index in [0.29, 0.717) is 41.6 Å². The number of benzene rings is 3. The van der Waals surface area contributed by atoms with E-state index in [9.17, 15) is 18.0 Å². The standard InChI is InChI=1S/C28H30Cl2N4O5S/c1-3-33(22-10-12-23(13-11-22)39-4-2)27(35)25(16-19-8-6-5-7-9-19)31-28(36)32-40(37,38)34-15-14-20-17-21(29)18-24(30)26(20)34/h5-13,17-18,25H,3-4,14-16H2,1-2H3,(H2,31,32,36)/t25-/m0/s1. The predicted molar refractivity (Wildman–Crippen MR) is 158 cm³/mol. The fourth-order valence-corrected chi connectivity index (χ4v) is 6.49. The van der Waals surface area contributed by atoms with Gasteiger partial charge in [-0.2, -0.15) is 8.42 Å². The molecule has 40 heavy (non-hydrogen) atoms. The summed E-state index contributed by atoms with van der Waals surface area (Å²) in [5, 5.41) is 3.14. The van der Waals surface area contributed by atoms with E-state index in [1.165, 1.54) is 11.0 Å². The van der Waals surface area contributed by atoms with E-state index >= 15 is 0 Å². The van der Waals surface area contributed by atoms with Crippen LogP contribution in [0.5, 0.6) is 5.75 Å². The minimum Gasteiger partial charge on any atom is -0.494 e. The summed E-state index contributed by atoms with van der Waals surface area (Å²) in [5.74, 6) is 0.274. The van der Waals surface area contributed by atoms with Gasteiger partial charge in [0.15, 0.2) is 0 Å². The van der Waals surface area contributed by atoms with Crippen LogP contribution < -0.4 is 24.0 Å².